The molecule has 2 aromatic carbocycles. The van der Waals surface area contributed by atoms with Crippen molar-refractivity contribution >= 4 is 38.9 Å². The van der Waals surface area contributed by atoms with Crippen LogP contribution in [0.15, 0.2) is 35.2 Å². The third-order valence-corrected chi connectivity index (χ3v) is 6.97. The van der Waals surface area contributed by atoms with Crippen LogP contribution in [0.1, 0.15) is 36.0 Å². The first-order valence-corrected chi connectivity index (χ1v) is 10.4. The molecular weight excluding hydrogens is 372 g/mol. The lowest BCUT2D eigenvalue weighted by molar-refractivity contribution is -0.119. The molecule has 0 saturated heterocycles. The summed E-state index contributed by atoms with van der Waals surface area (Å²) in [5.74, 6) is -0.265. The molecule has 2 aliphatic heterocycles. The van der Waals surface area contributed by atoms with Crippen LogP contribution in [0.5, 0.6) is 0 Å². The highest BCUT2D eigenvalue weighted by molar-refractivity contribution is 7.92. The van der Waals surface area contributed by atoms with Gasteiger partial charge in [0, 0.05) is 11.6 Å². The highest BCUT2D eigenvalue weighted by Gasteiger charge is 2.38. The van der Waals surface area contributed by atoms with E-state index in [1.165, 1.54) is 0 Å². The van der Waals surface area contributed by atoms with E-state index in [4.69, 9.17) is 11.6 Å². The molecule has 1 amide bonds. The van der Waals surface area contributed by atoms with Gasteiger partial charge >= 0.3 is 0 Å². The Hall–Kier alpha value is -2.05. The van der Waals surface area contributed by atoms with Gasteiger partial charge < -0.3 is 4.90 Å². The Labute approximate surface area is 158 Å². The van der Waals surface area contributed by atoms with E-state index in [1.807, 2.05) is 6.92 Å². The fourth-order valence-electron chi connectivity index (χ4n) is 3.74. The summed E-state index contributed by atoms with van der Waals surface area (Å²) in [4.78, 5) is 14.4. The average molecular weight is 391 g/mol. The molecule has 2 aliphatic rings. The minimum atomic E-state index is -3.78. The summed E-state index contributed by atoms with van der Waals surface area (Å²) in [5.41, 5.74) is 3.77. The van der Waals surface area contributed by atoms with Crippen LogP contribution in [0.2, 0.25) is 5.02 Å². The van der Waals surface area contributed by atoms with E-state index >= 15 is 0 Å². The quantitative estimate of drug-likeness (QED) is 0.865. The summed E-state index contributed by atoms with van der Waals surface area (Å²) < 4.78 is 28.6. The second-order valence-corrected chi connectivity index (χ2v) is 8.94. The van der Waals surface area contributed by atoms with Crippen LogP contribution in [0.4, 0.5) is 11.4 Å². The lowest BCUT2D eigenvalue weighted by Crippen LogP contribution is -2.32. The summed E-state index contributed by atoms with van der Waals surface area (Å²) >= 11 is 6.09. The van der Waals surface area contributed by atoms with Gasteiger partial charge in [0.25, 0.3) is 10.0 Å². The summed E-state index contributed by atoms with van der Waals surface area (Å²) in [6, 6.07) is 8.44. The Morgan fingerprint density at radius 3 is 2.81 bits per heavy atom. The van der Waals surface area contributed by atoms with Crippen LogP contribution in [-0.2, 0) is 21.2 Å². The molecular formula is C19H19ClN2O3S. The van der Waals surface area contributed by atoms with E-state index in [1.54, 1.807) is 42.2 Å². The predicted octanol–water partition coefficient (Wildman–Crippen LogP) is 3.85. The first kappa shape index (κ1) is 17.4. The lowest BCUT2D eigenvalue weighted by atomic mass is 9.97. The van der Waals surface area contributed by atoms with Crippen molar-refractivity contribution in [1.29, 1.82) is 0 Å². The van der Waals surface area contributed by atoms with E-state index in [2.05, 4.69) is 4.72 Å². The molecule has 26 heavy (non-hydrogen) atoms. The number of halogens is 1. The zero-order valence-electron chi connectivity index (χ0n) is 14.5. The average Bonchev–Trinajstić information content (AvgIpc) is 2.86. The van der Waals surface area contributed by atoms with Crippen molar-refractivity contribution in [2.45, 2.75) is 37.5 Å². The summed E-state index contributed by atoms with van der Waals surface area (Å²) in [6.07, 6.45) is 1.62. The van der Waals surface area contributed by atoms with Crippen LogP contribution in [0, 0.1) is 6.92 Å². The molecule has 2 aromatic rings. The van der Waals surface area contributed by atoms with Crippen LogP contribution in [-0.4, -0.2) is 20.9 Å². The molecule has 0 fully saturated rings. The molecule has 0 bridgehead atoms. The highest BCUT2D eigenvalue weighted by atomic mass is 35.5. The molecule has 2 heterocycles. The number of rotatable bonds is 3. The number of hydrogen-bond donors (Lipinski definition) is 1. The number of benzene rings is 2. The molecule has 4 rings (SSSR count). The number of aryl methyl sites for hydroxylation is 1. The van der Waals surface area contributed by atoms with Crippen LogP contribution in [0.3, 0.4) is 0 Å². The smallest absolute Gasteiger partial charge is 0.261 e. The fraction of sp³-hybridized carbons (Fsp3) is 0.316. The molecule has 0 aromatic heterocycles. The molecule has 136 valence electrons. The van der Waals surface area contributed by atoms with E-state index < -0.39 is 10.0 Å². The zero-order chi connectivity index (χ0) is 18.6. The van der Waals surface area contributed by atoms with E-state index in [-0.39, 0.29) is 16.7 Å². The number of hydrogen-bond acceptors (Lipinski definition) is 3. The second-order valence-electron chi connectivity index (χ2n) is 6.85. The van der Waals surface area contributed by atoms with Gasteiger partial charge in [-0.1, -0.05) is 17.7 Å². The van der Waals surface area contributed by atoms with E-state index in [9.17, 15) is 13.2 Å². The van der Waals surface area contributed by atoms with Crippen molar-refractivity contribution in [3.8, 4) is 0 Å². The summed E-state index contributed by atoms with van der Waals surface area (Å²) in [7, 11) is -3.78. The third kappa shape index (κ3) is 2.59. The molecule has 5 nitrogen and oxygen atoms in total. The molecule has 0 radical (unpaired) electrons. The molecule has 0 unspecified atom stereocenters. The van der Waals surface area contributed by atoms with Gasteiger partial charge in [0.05, 0.1) is 22.2 Å². The molecule has 7 heteroatoms. The normalized spacial score (nSPS) is 18.8. The van der Waals surface area contributed by atoms with Gasteiger partial charge in [0.2, 0.25) is 5.91 Å². The number of amides is 1. The number of anilines is 2. The largest absolute Gasteiger partial charge is 0.311 e. The number of nitrogens with zero attached hydrogens (tertiary/aromatic N) is 1. The molecule has 1 atom stereocenters. The van der Waals surface area contributed by atoms with Gasteiger partial charge in [-0.25, -0.2) is 8.42 Å². The molecule has 1 N–H and O–H groups in total. The van der Waals surface area contributed by atoms with E-state index in [0.717, 1.165) is 29.7 Å². The minimum absolute atomic E-state index is 0.0501. The SMILES string of the molecule is Cc1c(Cl)cccc1NS(=O)(=O)c1cc2c3c(c1)[C@H](C)C(=O)N3CCC2. The van der Waals surface area contributed by atoms with Gasteiger partial charge in [-0.2, -0.15) is 0 Å². The van der Waals surface area contributed by atoms with Gasteiger partial charge in [-0.05, 0) is 67.6 Å². The van der Waals surface area contributed by atoms with Crippen LogP contribution < -0.4 is 9.62 Å². The van der Waals surface area contributed by atoms with Crippen molar-refractivity contribution in [2.75, 3.05) is 16.2 Å². The number of sulfonamides is 1. The predicted molar refractivity (Wildman–Crippen MR) is 103 cm³/mol. The third-order valence-electron chi connectivity index (χ3n) is 5.21. The van der Waals surface area contributed by atoms with Crippen LogP contribution in [0.25, 0.3) is 0 Å². The van der Waals surface area contributed by atoms with Gasteiger partial charge in [-0.15, -0.1) is 0 Å². The Balaban J connectivity index is 1.79. The molecule has 0 spiro atoms. The first-order valence-electron chi connectivity index (χ1n) is 8.56. The van der Waals surface area contributed by atoms with Gasteiger partial charge in [0.15, 0.2) is 0 Å². The Bertz CT molecular complexity index is 1030. The lowest BCUT2D eigenvalue weighted by Gasteiger charge is -2.26. The Kier molecular flexibility index (Phi) is 4.00. The number of nitrogens with one attached hydrogen (secondary N) is 1. The maximum atomic E-state index is 13.0. The summed E-state index contributed by atoms with van der Waals surface area (Å²) in [5, 5.41) is 0.504. The molecule has 0 saturated carbocycles. The fourth-order valence-corrected chi connectivity index (χ4v) is 5.12. The van der Waals surface area contributed by atoms with Crippen molar-refractivity contribution in [1.82, 2.24) is 0 Å². The van der Waals surface area contributed by atoms with E-state index in [0.29, 0.717) is 22.8 Å². The van der Waals surface area contributed by atoms with Gasteiger partial charge in [0.1, 0.15) is 0 Å². The Morgan fingerprint density at radius 1 is 1.27 bits per heavy atom. The summed E-state index contributed by atoms with van der Waals surface area (Å²) in [6.45, 7) is 4.31. The standard InChI is InChI=1S/C19H19ClN2O3S/c1-11-15-10-14(9-13-5-4-8-22(18(13)15)19(11)23)26(24,25)21-17-7-3-6-16(20)12(17)2/h3,6-7,9-11,21H,4-5,8H2,1-2H3/t11-/m0/s1. The van der Waals surface area contributed by atoms with Crippen molar-refractivity contribution in [3.05, 3.63) is 52.0 Å². The highest BCUT2D eigenvalue weighted by Crippen LogP contribution is 2.44. The maximum Gasteiger partial charge on any atom is 0.261 e. The topological polar surface area (TPSA) is 66.5 Å². The van der Waals surface area contributed by atoms with Gasteiger partial charge in [-0.3, -0.25) is 9.52 Å². The molecule has 0 aliphatic carbocycles. The second kappa shape index (κ2) is 5.99. The zero-order valence-corrected chi connectivity index (χ0v) is 16.1. The maximum absolute atomic E-state index is 13.0. The monoisotopic (exact) mass is 390 g/mol. The van der Waals surface area contributed by atoms with Crippen molar-refractivity contribution in [3.63, 3.8) is 0 Å². The minimum Gasteiger partial charge on any atom is -0.311 e. The van der Waals surface area contributed by atoms with Crippen molar-refractivity contribution in [2.24, 2.45) is 0 Å². The number of carbonyl (C=O) groups is 1. The van der Waals surface area contributed by atoms with Crippen LogP contribution >= 0.6 is 11.6 Å². The van der Waals surface area contributed by atoms with Crippen molar-refractivity contribution < 1.29 is 13.2 Å². The first-order chi connectivity index (χ1) is 12.3. The Morgan fingerprint density at radius 2 is 2.04 bits per heavy atom. The number of carbonyl (C=O) groups excluding carboxylic acids is 1.